The van der Waals surface area contributed by atoms with Crippen LogP contribution >= 0.6 is 0 Å². The van der Waals surface area contributed by atoms with Crippen molar-refractivity contribution in [3.63, 3.8) is 0 Å². The Labute approximate surface area is 371 Å². The molecule has 0 aromatic carbocycles. The molecule has 0 aromatic heterocycles. The van der Waals surface area contributed by atoms with Crippen molar-refractivity contribution in [2.45, 2.75) is 263 Å². The number of carbonyl (C=O) groups is 2. The second kappa shape index (κ2) is 38.8. The highest BCUT2D eigenvalue weighted by Gasteiger charge is 2.46. The van der Waals surface area contributed by atoms with Crippen LogP contribution in [0.1, 0.15) is 226 Å². The minimum atomic E-state index is -4.60. The minimum absolute atomic E-state index is 0.158. The van der Waals surface area contributed by atoms with E-state index in [0.717, 1.165) is 57.8 Å². The van der Waals surface area contributed by atoms with Gasteiger partial charge in [0.25, 0.3) is 10.1 Å². The predicted molar refractivity (Wildman–Crippen MR) is 243 cm³/mol. The van der Waals surface area contributed by atoms with Gasteiger partial charge in [0.05, 0.1) is 6.61 Å². The lowest BCUT2D eigenvalue weighted by Crippen LogP contribution is -2.60. The Morgan fingerprint density at radius 3 is 1.36 bits per heavy atom. The third-order valence-electron chi connectivity index (χ3n) is 11.6. The number of allylic oxidation sites excluding steroid dienone is 2. The number of hydrogen-bond acceptors (Lipinski definition) is 11. The lowest BCUT2D eigenvalue weighted by Gasteiger charge is -2.40. The Balaban J connectivity index is 2.37. The molecule has 1 fully saturated rings. The summed E-state index contributed by atoms with van der Waals surface area (Å²) in [5.41, 5.74) is 0. The summed E-state index contributed by atoms with van der Waals surface area (Å²) in [5.74, 6) is -1.98. The van der Waals surface area contributed by atoms with Crippen LogP contribution in [0.2, 0.25) is 0 Å². The highest BCUT2D eigenvalue weighted by molar-refractivity contribution is 7.85. The summed E-state index contributed by atoms with van der Waals surface area (Å²) in [6.07, 6.45) is 32.5. The molecule has 12 nitrogen and oxygen atoms in total. The number of ether oxygens (including phenoxy) is 4. The molecule has 0 aliphatic carbocycles. The van der Waals surface area contributed by atoms with E-state index in [9.17, 15) is 37.9 Å². The van der Waals surface area contributed by atoms with Crippen LogP contribution in [-0.2, 0) is 38.7 Å². The number of esters is 2. The van der Waals surface area contributed by atoms with Crippen LogP contribution in [0.5, 0.6) is 0 Å². The summed E-state index contributed by atoms with van der Waals surface area (Å²) in [6.45, 7) is 3.77. The molecule has 0 spiro atoms. The molecule has 0 saturated carbocycles. The summed E-state index contributed by atoms with van der Waals surface area (Å²) in [6, 6.07) is 0. The van der Waals surface area contributed by atoms with Gasteiger partial charge in [-0.2, -0.15) is 8.42 Å². The average molecular weight is 891 g/mol. The van der Waals surface area contributed by atoms with Crippen LogP contribution in [0.15, 0.2) is 12.2 Å². The van der Waals surface area contributed by atoms with Gasteiger partial charge in [0.15, 0.2) is 12.4 Å². The highest BCUT2D eigenvalue weighted by atomic mass is 32.2. The molecular weight excluding hydrogens is 801 g/mol. The molecule has 0 aromatic rings. The van der Waals surface area contributed by atoms with E-state index in [1.807, 2.05) is 0 Å². The Morgan fingerprint density at radius 2 is 0.934 bits per heavy atom. The van der Waals surface area contributed by atoms with Crippen molar-refractivity contribution in [3.8, 4) is 0 Å². The maximum atomic E-state index is 12.8. The SMILES string of the molecule is CCCCCCC/C=C\CCCCCCCC(=O)OC(COC(=O)CCCCCCCCCCCCCCCCCCCCC)COC1OC(CS(=O)(=O)O)C(O)C(O)C1O. The van der Waals surface area contributed by atoms with Crippen molar-refractivity contribution in [2.24, 2.45) is 0 Å². The summed E-state index contributed by atoms with van der Waals surface area (Å²) < 4.78 is 54.1. The number of rotatable bonds is 42. The fourth-order valence-corrected chi connectivity index (χ4v) is 8.42. The maximum Gasteiger partial charge on any atom is 0.306 e. The maximum absolute atomic E-state index is 12.8. The molecule has 0 radical (unpaired) electrons. The van der Waals surface area contributed by atoms with Gasteiger partial charge in [-0.15, -0.1) is 0 Å². The van der Waals surface area contributed by atoms with Gasteiger partial charge in [0.2, 0.25) is 0 Å². The zero-order chi connectivity index (χ0) is 44.8. The monoisotopic (exact) mass is 891 g/mol. The highest BCUT2D eigenvalue weighted by Crippen LogP contribution is 2.24. The summed E-state index contributed by atoms with van der Waals surface area (Å²) in [4.78, 5) is 25.5. The molecule has 1 saturated heterocycles. The average Bonchev–Trinajstić information content (AvgIpc) is 3.22. The van der Waals surface area contributed by atoms with E-state index in [2.05, 4.69) is 26.0 Å². The number of carbonyl (C=O) groups excluding carboxylic acids is 2. The van der Waals surface area contributed by atoms with Crippen LogP contribution in [0.25, 0.3) is 0 Å². The van der Waals surface area contributed by atoms with Crippen molar-refractivity contribution in [1.29, 1.82) is 0 Å². The first kappa shape index (κ1) is 57.4. The van der Waals surface area contributed by atoms with E-state index >= 15 is 0 Å². The predicted octanol–water partition coefficient (Wildman–Crippen LogP) is 10.6. The van der Waals surface area contributed by atoms with Gasteiger partial charge in [-0.3, -0.25) is 14.1 Å². The normalized spacial score (nSPS) is 20.0. The van der Waals surface area contributed by atoms with Gasteiger partial charge in [0, 0.05) is 12.8 Å². The number of aliphatic hydroxyl groups is 3. The van der Waals surface area contributed by atoms with Crippen molar-refractivity contribution >= 4 is 22.1 Å². The Hall–Kier alpha value is -1.61. The van der Waals surface area contributed by atoms with E-state index in [1.165, 1.54) is 128 Å². The molecule has 6 atom stereocenters. The Morgan fingerprint density at radius 1 is 0.541 bits per heavy atom. The second-order valence-corrected chi connectivity index (χ2v) is 19.0. The molecule has 4 N–H and O–H groups in total. The van der Waals surface area contributed by atoms with Crippen LogP contribution in [0, 0.1) is 0 Å². The first-order valence-corrected chi connectivity index (χ1v) is 26.4. The van der Waals surface area contributed by atoms with Gasteiger partial charge < -0.3 is 34.3 Å². The third-order valence-corrected chi connectivity index (χ3v) is 12.3. The molecule has 13 heteroatoms. The van der Waals surface area contributed by atoms with E-state index in [4.69, 9.17) is 18.9 Å². The van der Waals surface area contributed by atoms with Crippen molar-refractivity contribution < 1.29 is 56.8 Å². The standard InChI is InChI=1S/C48H90O12S/c1-3-5-7-9-11-13-15-17-19-20-21-22-23-25-26-28-30-32-34-36-43(49)57-38-41(39-58-48-47(53)46(52)45(51)42(60-48)40-61(54,55)56)59-44(50)37-35-33-31-29-27-24-18-16-14-12-10-8-6-4-2/h16,18,41-42,45-48,51-53H,3-15,17,19-40H2,1-2H3,(H,54,55,56)/b18-16-. The molecular formula is C48H90O12S. The van der Waals surface area contributed by atoms with Gasteiger partial charge in [-0.25, -0.2) is 0 Å². The van der Waals surface area contributed by atoms with Gasteiger partial charge in [-0.05, 0) is 38.5 Å². The number of aliphatic hydroxyl groups excluding tert-OH is 3. The lowest BCUT2D eigenvalue weighted by molar-refractivity contribution is -0.297. The Bertz CT molecular complexity index is 1180. The van der Waals surface area contributed by atoms with E-state index < -0.39 is 71.2 Å². The molecule has 0 bridgehead atoms. The smallest absolute Gasteiger partial charge is 0.306 e. The van der Waals surface area contributed by atoms with Crippen molar-refractivity contribution in [3.05, 3.63) is 12.2 Å². The van der Waals surface area contributed by atoms with Crippen molar-refractivity contribution in [1.82, 2.24) is 0 Å². The molecule has 61 heavy (non-hydrogen) atoms. The number of hydrogen-bond donors (Lipinski definition) is 4. The summed E-state index contributed by atoms with van der Waals surface area (Å²) in [5, 5.41) is 30.9. The molecule has 1 aliphatic heterocycles. The minimum Gasteiger partial charge on any atom is -0.462 e. The van der Waals surface area contributed by atoms with Gasteiger partial charge >= 0.3 is 11.9 Å². The molecule has 1 rings (SSSR count). The molecule has 1 heterocycles. The first-order chi connectivity index (χ1) is 29.5. The Kier molecular flexibility index (Phi) is 36.5. The van der Waals surface area contributed by atoms with E-state index in [1.54, 1.807) is 0 Å². The largest absolute Gasteiger partial charge is 0.462 e. The second-order valence-electron chi connectivity index (χ2n) is 17.5. The zero-order valence-electron chi connectivity index (χ0n) is 38.5. The number of unbranched alkanes of at least 4 members (excludes halogenated alkanes) is 28. The van der Waals surface area contributed by atoms with Gasteiger partial charge in [0.1, 0.15) is 36.8 Å². The van der Waals surface area contributed by atoms with Crippen molar-refractivity contribution in [2.75, 3.05) is 19.0 Å². The third kappa shape index (κ3) is 33.6. The topological polar surface area (TPSA) is 186 Å². The first-order valence-electron chi connectivity index (χ1n) is 24.7. The van der Waals surface area contributed by atoms with Gasteiger partial charge in [-0.1, -0.05) is 187 Å². The quantitative estimate of drug-likeness (QED) is 0.0197. The fourth-order valence-electron chi connectivity index (χ4n) is 7.73. The van der Waals surface area contributed by atoms with Crippen LogP contribution in [-0.4, -0.2) is 96.0 Å². The lowest BCUT2D eigenvalue weighted by atomic mass is 10.00. The van der Waals surface area contributed by atoms with Crippen LogP contribution < -0.4 is 0 Å². The summed E-state index contributed by atoms with van der Waals surface area (Å²) in [7, 11) is -4.60. The molecule has 1 aliphatic rings. The van der Waals surface area contributed by atoms with E-state index in [-0.39, 0.29) is 19.4 Å². The molecule has 6 unspecified atom stereocenters. The van der Waals surface area contributed by atoms with E-state index in [0.29, 0.717) is 12.8 Å². The fraction of sp³-hybridized carbons (Fsp3) is 0.917. The molecule has 0 amide bonds. The zero-order valence-corrected chi connectivity index (χ0v) is 39.4. The van der Waals surface area contributed by atoms with Crippen LogP contribution in [0.4, 0.5) is 0 Å². The van der Waals surface area contributed by atoms with Crippen LogP contribution in [0.3, 0.4) is 0 Å². The summed E-state index contributed by atoms with van der Waals surface area (Å²) >= 11 is 0. The molecule has 360 valence electrons.